The topological polar surface area (TPSA) is 112 Å². The first-order chi connectivity index (χ1) is 17.7. The highest BCUT2D eigenvalue weighted by atomic mass is 16.7. The van der Waals surface area contributed by atoms with E-state index in [1.165, 1.54) is 17.5 Å². The number of nitrogens with zero attached hydrogens (tertiary/aromatic N) is 5. The Morgan fingerprint density at radius 3 is 2.14 bits per heavy atom. The molecule has 0 unspecified atom stereocenters. The molecule has 0 radical (unpaired) electrons. The largest absolute Gasteiger partial charge is 0.467 e. The summed E-state index contributed by atoms with van der Waals surface area (Å²) >= 11 is 0. The average molecular weight is 488 g/mol. The van der Waals surface area contributed by atoms with Crippen LogP contribution in [-0.2, 0) is 22.7 Å². The lowest BCUT2D eigenvalue weighted by Crippen LogP contribution is -2.42. The predicted octanol–water partition coefficient (Wildman–Crippen LogP) is 3.39. The van der Waals surface area contributed by atoms with E-state index >= 15 is 0 Å². The molecule has 6 rings (SSSR count). The molecule has 10 heteroatoms. The zero-order valence-corrected chi connectivity index (χ0v) is 19.6. The van der Waals surface area contributed by atoms with Crippen molar-refractivity contribution in [3.8, 4) is 17.6 Å². The molecule has 0 aliphatic carbocycles. The Labute approximate surface area is 208 Å². The second-order valence-electron chi connectivity index (χ2n) is 9.16. The second kappa shape index (κ2) is 9.60. The Hall–Kier alpha value is -3.94. The summed E-state index contributed by atoms with van der Waals surface area (Å²) in [7, 11) is 0. The van der Waals surface area contributed by atoms with Crippen molar-refractivity contribution in [2.75, 3.05) is 26.7 Å². The summed E-state index contributed by atoms with van der Waals surface area (Å²) in [6.45, 7) is 2.78. The van der Waals surface area contributed by atoms with Crippen LogP contribution in [0.4, 0.5) is 4.79 Å². The molecular weight excluding hydrogens is 462 g/mol. The lowest BCUT2D eigenvalue weighted by atomic mass is 9.75. The first-order valence-corrected chi connectivity index (χ1v) is 12.0. The number of likely N-dealkylation sites (tertiary alicyclic amines) is 1. The van der Waals surface area contributed by atoms with Gasteiger partial charge in [-0.25, -0.2) is 9.78 Å². The van der Waals surface area contributed by atoms with Gasteiger partial charge in [0.15, 0.2) is 13.6 Å². The fourth-order valence-electron chi connectivity index (χ4n) is 5.32. The summed E-state index contributed by atoms with van der Waals surface area (Å²) in [5.41, 5.74) is 4.47. The van der Waals surface area contributed by atoms with Crippen LogP contribution in [0, 0.1) is 17.2 Å². The molecule has 0 spiro atoms. The minimum Gasteiger partial charge on any atom is -0.467 e. The van der Waals surface area contributed by atoms with Gasteiger partial charge in [0.05, 0.1) is 13.2 Å². The highest BCUT2D eigenvalue weighted by Gasteiger charge is 2.32. The van der Waals surface area contributed by atoms with Gasteiger partial charge in [-0.1, -0.05) is 12.1 Å². The molecule has 10 nitrogen and oxygen atoms in total. The first-order valence-electron chi connectivity index (χ1n) is 12.0. The van der Waals surface area contributed by atoms with Crippen LogP contribution in [0.1, 0.15) is 46.8 Å². The minimum atomic E-state index is -0.259. The number of carbonyl (C=O) groups is 1. The molecule has 36 heavy (non-hydrogen) atoms. The number of nitriles is 1. The second-order valence-corrected chi connectivity index (χ2v) is 9.16. The van der Waals surface area contributed by atoms with E-state index in [2.05, 4.69) is 34.3 Å². The van der Waals surface area contributed by atoms with Crippen molar-refractivity contribution >= 4 is 6.03 Å². The van der Waals surface area contributed by atoms with Crippen molar-refractivity contribution < 1.29 is 23.7 Å². The van der Waals surface area contributed by atoms with Gasteiger partial charge in [-0.15, -0.1) is 5.10 Å². The summed E-state index contributed by atoms with van der Waals surface area (Å²) in [5.74, 6) is 2.14. The molecule has 1 fully saturated rings. The fourth-order valence-corrected chi connectivity index (χ4v) is 5.32. The molecule has 3 aromatic rings. The lowest BCUT2D eigenvalue weighted by molar-refractivity contribution is -0.0164. The van der Waals surface area contributed by atoms with E-state index in [1.807, 2.05) is 18.2 Å². The SMILES string of the molecule is N#Cc1ncn(C(=O)N2CCC(C(c3ccc4c(c3)COCO4)c3ccc4c(c3)COCO4)CC2)n1. The molecule has 1 aromatic heterocycles. The molecule has 0 N–H and O–H groups in total. The number of amides is 1. The Morgan fingerprint density at radius 1 is 0.972 bits per heavy atom. The van der Waals surface area contributed by atoms with Crippen LogP contribution >= 0.6 is 0 Å². The molecule has 1 amide bonds. The van der Waals surface area contributed by atoms with Gasteiger partial charge in [0.1, 0.15) is 23.9 Å². The van der Waals surface area contributed by atoms with E-state index in [0.29, 0.717) is 32.2 Å². The van der Waals surface area contributed by atoms with Crippen molar-refractivity contribution in [1.82, 2.24) is 19.7 Å². The molecule has 0 bridgehead atoms. The minimum absolute atomic E-state index is 0.0148. The third-order valence-electron chi connectivity index (χ3n) is 7.07. The quantitative estimate of drug-likeness (QED) is 0.553. The maximum Gasteiger partial charge on any atom is 0.346 e. The van der Waals surface area contributed by atoms with E-state index in [-0.39, 0.29) is 31.4 Å². The highest BCUT2D eigenvalue weighted by molar-refractivity contribution is 5.75. The van der Waals surface area contributed by atoms with Crippen LogP contribution in [0.15, 0.2) is 42.7 Å². The number of piperidine rings is 1. The van der Waals surface area contributed by atoms with Crippen LogP contribution in [0.25, 0.3) is 0 Å². The summed E-state index contributed by atoms with van der Waals surface area (Å²) in [6, 6.07) is 14.3. The molecule has 184 valence electrons. The summed E-state index contributed by atoms with van der Waals surface area (Å²) in [6.07, 6.45) is 2.94. The monoisotopic (exact) mass is 487 g/mol. The van der Waals surface area contributed by atoms with Gasteiger partial charge in [-0.05, 0) is 54.2 Å². The molecule has 3 aliphatic rings. The Kier molecular flexibility index (Phi) is 6.01. The number of carbonyl (C=O) groups excluding carboxylic acids is 1. The first kappa shape index (κ1) is 22.5. The van der Waals surface area contributed by atoms with Crippen molar-refractivity contribution in [3.05, 3.63) is 70.8 Å². The molecule has 4 heterocycles. The molecule has 3 aliphatic heterocycles. The maximum absolute atomic E-state index is 12.9. The van der Waals surface area contributed by atoms with Gasteiger partial charge in [-0.2, -0.15) is 9.94 Å². The molecule has 0 atom stereocenters. The van der Waals surface area contributed by atoms with Gasteiger partial charge >= 0.3 is 6.03 Å². The third-order valence-corrected chi connectivity index (χ3v) is 7.07. The van der Waals surface area contributed by atoms with Crippen molar-refractivity contribution in [3.63, 3.8) is 0 Å². The van der Waals surface area contributed by atoms with E-state index in [4.69, 9.17) is 24.2 Å². The van der Waals surface area contributed by atoms with Gasteiger partial charge in [-0.3, -0.25) is 0 Å². The average Bonchev–Trinajstić information content (AvgIpc) is 3.43. The van der Waals surface area contributed by atoms with Crippen LogP contribution in [0.3, 0.4) is 0 Å². The van der Waals surface area contributed by atoms with E-state index in [1.54, 1.807) is 4.90 Å². The number of fused-ring (bicyclic) bond motifs is 2. The Balaban J connectivity index is 1.28. The number of rotatable bonds is 3. The molecular formula is C26H25N5O5. The van der Waals surface area contributed by atoms with Crippen LogP contribution < -0.4 is 9.47 Å². The number of hydrogen-bond donors (Lipinski definition) is 0. The Bertz CT molecular complexity index is 1260. The Morgan fingerprint density at radius 2 is 1.58 bits per heavy atom. The number of ether oxygens (including phenoxy) is 4. The zero-order chi connectivity index (χ0) is 24.5. The highest BCUT2D eigenvalue weighted by Crippen LogP contribution is 2.41. The van der Waals surface area contributed by atoms with Crippen LogP contribution in [0.5, 0.6) is 11.5 Å². The maximum atomic E-state index is 12.9. The standard InChI is InChI=1S/C26H25N5O5/c27-11-24-28-14-31(29-24)26(32)30-7-5-17(6-8-30)25(18-1-3-22-20(9-18)12-33-15-35-22)19-2-4-23-21(10-19)13-34-16-36-23/h1-4,9-10,14,17,25H,5-8,12-13,15-16H2. The summed E-state index contributed by atoms with van der Waals surface area (Å²) < 4.78 is 23.5. The van der Waals surface area contributed by atoms with Crippen molar-refractivity contribution in [2.45, 2.75) is 32.0 Å². The number of benzene rings is 2. The summed E-state index contributed by atoms with van der Waals surface area (Å²) in [5, 5.41) is 12.9. The normalized spacial score (nSPS) is 17.5. The molecule has 0 saturated carbocycles. The zero-order valence-electron chi connectivity index (χ0n) is 19.6. The smallest absolute Gasteiger partial charge is 0.346 e. The summed E-state index contributed by atoms with van der Waals surface area (Å²) in [4.78, 5) is 18.5. The number of aromatic nitrogens is 3. The van der Waals surface area contributed by atoms with Crippen LogP contribution in [-0.4, -0.2) is 52.4 Å². The third kappa shape index (κ3) is 4.27. The van der Waals surface area contributed by atoms with E-state index < -0.39 is 0 Å². The fraction of sp³-hybridized carbons (Fsp3) is 0.385. The predicted molar refractivity (Wildman–Crippen MR) is 125 cm³/mol. The molecule has 1 saturated heterocycles. The van der Waals surface area contributed by atoms with Gasteiger partial charge in [0.25, 0.3) is 5.82 Å². The van der Waals surface area contributed by atoms with Crippen LogP contribution in [0.2, 0.25) is 0 Å². The van der Waals surface area contributed by atoms with E-state index in [0.717, 1.165) is 40.1 Å². The molecule has 2 aromatic carbocycles. The lowest BCUT2D eigenvalue weighted by Gasteiger charge is -2.37. The van der Waals surface area contributed by atoms with Gasteiger partial charge in [0, 0.05) is 30.1 Å². The van der Waals surface area contributed by atoms with Crippen molar-refractivity contribution in [1.29, 1.82) is 5.26 Å². The van der Waals surface area contributed by atoms with Gasteiger partial charge in [0.2, 0.25) is 0 Å². The van der Waals surface area contributed by atoms with Gasteiger partial charge < -0.3 is 23.8 Å². The van der Waals surface area contributed by atoms with Crippen molar-refractivity contribution in [2.24, 2.45) is 5.92 Å². The number of hydrogen-bond acceptors (Lipinski definition) is 8. The van der Waals surface area contributed by atoms with E-state index in [9.17, 15) is 4.79 Å².